The Bertz CT molecular complexity index is 465. The summed E-state index contributed by atoms with van der Waals surface area (Å²) in [4.78, 5) is 12.2. The van der Waals surface area contributed by atoms with Crippen molar-refractivity contribution in [2.45, 2.75) is 31.7 Å². The molecule has 0 spiro atoms. The van der Waals surface area contributed by atoms with E-state index in [-0.39, 0.29) is 24.5 Å². The molecule has 1 saturated carbocycles. The Morgan fingerprint density at radius 1 is 1.42 bits per heavy atom. The molecule has 104 valence electrons. The van der Waals surface area contributed by atoms with E-state index in [1.807, 2.05) is 0 Å². The maximum Gasteiger partial charge on any atom is 0.253 e. The Balaban J connectivity index is 2.07. The maximum absolute atomic E-state index is 12.2. The van der Waals surface area contributed by atoms with Gasteiger partial charge in [-0.05, 0) is 31.0 Å². The van der Waals surface area contributed by atoms with Crippen LogP contribution >= 0.6 is 11.6 Å². The molecular formula is C14H19ClN2O2. The van der Waals surface area contributed by atoms with E-state index in [1.165, 1.54) is 0 Å². The van der Waals surface area contributed by atoms with Gasteiger partial charge in [-0.25, -0.2) is 0 Å². The molecule has 0 aromatic heterocycles. The number of hydrogen-bond acceptors (Lipinski definition) is 3. The van der Waals surface area contributed by atoms with E-state index in [4.69, 9.17) is 17.3 Å². The van der Waals surface area contributed by atoms with Crippen LogP contribution < -0.4 is 11.1 Å². The van der Waals surface area contributed by atoms with Crippen LogP contribution in [0.15, 0.2) is 18.2 Å². The van der Waals surface area contributed by atoms with E-state index in [9.17, 15) is 9.90 Å². The van der Waals surface area contributed by atoms with Gasteiger partial charge in [-0.3, -0.25) is 4.79 Å². The lowest BCUT2D eigenvalue weighted by atomic mass is 9.85. The molecule has 1 aliphatic rings. The summed E-state index contributed by atoms with van der Waals surface area (Å²) in [6.07, 6.45) is 4.06. The first-order chi connectivity index (χ1) is 9.11. The minimum atomic E-state index is -0.195. The second-order valence-electron chi connectivity index (χ2n) is 5.04. The van der Waals surface area contributed by atoms with Gasteiger partial charge in [0, 0.05) is 29.3 Å². The summed E-state index contributed by atoms with van der Waals surface area (Å²) in [6, 6.07) is 4.88. The number of hydrogen-bond donors (Lipinski definition) is 3. The van der Waals surface area contributed by atoms with Crippen LogP contribution in [-0.2, 0) is 0 Å². The zero-order chi connectivity index (χ0) is 13.8. The van der Waals surface area contributed by atoms with Gasteiger partial charge in [0.15, 0.2) is 0 Å². The minimum absolute atomic E-state index is 0.0290. The topological polar surface area (TPSA) is 75.4 Å². The van der Waals surface area contributed by atoms with Crippen LogP contribution in [0, 0.1) is 5.92 Å². The normalized spacial score (nSPS) is 23.1. The molecule has 5 heteroatoms. The summed E-state index contributed by atoms with van der Waals surface area (Å²) in [5.74, 6) is -0.0502. The van der Waals surface area contributed by atoms with Gasteiger partial charge in [-0.1, -0.05) is 24.4 Å². The van der Waals surface area contributed by atoms with E-state index < -0.39 is 0 Å². The minimum Gasteiger partial charge on any atom is -0.398 e. The fraction of sp³-hybridized carbons (Fsp3) is 0.500. The van der Waals surface area contributed by atoms with Crippen molar-refractivity contribution in [3.63, 3.8) is 0 Å². The van der Waals surface area contributed by atoms with Crippen LogP contribution in [0.1, 0.15) is 36.0 Å². The highest BCUT2D eigenvalue weighted by Gasteiger charge is 2.26. The predicted molar refractivity (Wildman–Crippen MR) is 76.2 cm³/mol. The Labute approximate surface area is 117 Å². The van der Waals surface area contributed by atoms with E-state index in [0.29, 0.717) is 16.3 Å². The molecule has 2 atom stereocenters. The lowest BCUT2D eigenvalue weighted by Crippen LogP contribution is -2.43. The van der Waals surface area contributed by atoms with Crippen LogP contribution in [0.2, 0.25) is 5.02 Å². The van der Waals surface area contributed by atoms with Gasteiger partial charge in [-0.2, -0.15) is 0 Å². The van der Waals surface area contributed by atoms with Gasteiger partial charge in [0.25, 0.3) is 5.91 Å². The summed E-state index contributed by atoms with van der Waals surface area (Å²) in [6.45, 7) is 0.112. The Morgan fingerprint density at radius 2 is 2.16 bits per heavy atom. The first-order valence-electron chi connectivity index (χ1n) is 6.58. The summed E-state index contributed by atoms with van der Waals surface area (Å²) in [5.41, 5.74) is 6.61. The van der Waals surface area contributed by atoms with E-state index in [0.717, 1.165) is 25.7 Å². The van der Waals surface area contributed by atoms with Crippen LogP contribution in [0.5, 0.6) is 0 Å². The average molecular weight is 283 g/mol. The Morgan fingerprint density at radius 3 is 2.84 bits per heavy atom. The lowest BCUT2D eigenvalue weighted by Gasteiger charge is -2.31. The molecule has 0 aliphatic heterocycles. The molecule has 4 nitrogen and oxygen atoms in total. The molecule has 4 N–H and O–H groups in total. The van der Waals surface area contributed by atoms with Gasteiger partial charge >= 0.3 is 0 Å². The highest BCUT2D eigenvalue weighted by Crippen LogP contribution is 2.25. The van der Waals surface area contributed by atoms with E-state index in [2.05, 4.69) is 5.32 Å². The molecule has 2 unspecified atom stereocenters. The summed E-state index contributed by atoms with van der Waals surface area (Å²) in [5, 5.41) is 12.8. The number of anilines is 1. The second kappa shape index (κ2) is 6.26. The zero-order valence-corrected chi connectivity index (χ0v) is 11.5. The van der Waals surface area contributed by atoms with Crippen LogP contribution in [-0.4, -0.2) is 23.7 Å². The number of aliphatic hydroxyl groups excluding tert-OH is 1. The van der Waals surface area contributed by atoms with Crippen LogP contribution in [0.3, 0.4) is 0 Å². The highest BCUT2D eigenvalue weighted by atomic mass is 35.5. The van der Waals surface area contributed by atoms with Crippen molar-refractivity contribution in [2.24, 2.45) is 5.92 Å². The fourth-order valence-corrected chi connectivity index (χ4v) is 2.78. The predicted octanol–water partition coefficient (Wildman–Crippen LogP) is 2.20. The van der Waals surface area contributed by atoms with Gasteiger partial charge in [-0.15, -0.1) is 0 Å². The summed E-state index contributed by atoms with van der Waals surface area (Å²) >= 11 is 5.81. The average Bonchev–Trinajstić information content (AvgIpc) is 2.39. The van der Waals surface area contributed by atoms with Crippen molar-refractivity contribution < 1.29 is 9.90 Å². The number of halogens is 1. The molecule has 0 radical (unpaired) electrons. The molecule has 19 heavy (non-hydrogen) atoms. The van der Waals surface area contributed by atoms with Crippen molar-refractivity contribution in [1.82, 2.24) is 5.32 Å². The number of benzene rings is 1. The van der Waals surface area contributed by atoms with Crippen molar-refractivity contribution in [2.75, 3.05) is 12.3 Å². The quantitative estimate of drug-likeness (QED) is 0.744. The van der Waals surface area contributed by atoms with Crippen molar-refractivity contribution in [3.05, 3.63) is 28.8 Å². The van der Waals surface area contributed by atoms with Crippen LogP contribution in [0.4, 0.5) is 5.69 Å². The van der Waals surface area contributed by atoms with Crippen molar-refractivity contribution in [1.29, 1.82) is 0 Å². The molecule has 1 aliphatic carbocycles. The van der Waals surface area contributed by atoms with Gasteiger partial charge in [0.2, 0.25) is 0 Å². The third-order valence-corrected chi connectivity index (χ3v) is 3.95. The van der Waals surface area contributed by atoms with Crippen molar-refractivity contribution in [3.8, 4) is 0 Å². The molecule has 1 amide bonds. The smallest absolute Gasteiger partial charge is 0.253 e. The molecule has 1 aromatic carbocycles. The number of nitrogen functional groups attached to an aromatic ring is 1. The fourth-order valence-electron chi connectivity index (χ4n) is 2.60. The molecular weight excluding hydrogens is 264 g/mol. The maximum atomic E-state index is 12.2. The molecule has 0 bridgehead atoms. The first kappa shape index (κ1) is 14.2. The lowest BCUT2D eigenvalue weighted by molar-refractivity contribution is 0.0873. The third-order valence-electron chi connectivity index (χ3n) is 3.72. The summed E-state index contributed by atoms with van der Waals surface area (Å²) in [7, 11) is 0. The number of carbonyl (C=O) groups excluding carboxylic acids is 1. The number of rotatable bonds is 3. The zero-order valence-electron chi connectivity index (χ0n) is 10.7. The molecule has 1 aromatic rings. The monoisotopic (exact) mass is 282 g/mol. The van der Waals surface area contributed by atoms with E-state index >= 15 is 0 Å². The Kier molecular flexibility index (Phi) is 4.66. The van der Waals surface area contributed by atoms with Crippen LogP contribution in [0.25, 0.3) is 0 Å². The first-order valence-corrected chi connectivity index (χ1v) is 6.96. The summed E-state index contributed by atoms with van der Waals surface area (Å²) < 4.78 is 0. The van der Waals surface area contributed by atoms with Gasteiger partial charge in [0.05, 0.1) is 5.56 Å². The van der Waals surface area contributed by atoms with Gasteiger partial charge in [0.1, 0.15) is 0 Å². The third kappa shape index (κ3) is 3.39. The number of amides is 1. The number of nitrogens with one attached hydrogen (secondary N) is 1. The van der Waals surface area contributed by atoms with E-state index in [1.54, 1.807) is 18.2 Å². The SMILES string of the molecule is Nc1cc(Cl)ccc1C(=O)NC1CCCCC1CO. The largest absolute Gasteiger partial charge is 0.398 e. The molecule has 0 saturated heterocycles. The number of aliphatic hydroxyl groups is 1. The number of nitrogens with two attached hydrogens (primary N) is 1. The van der Waals surface area contributed by atoms with Crippen molar-refractivity contribution >= 4 is 23.2 Å². The Hall–Kier alpha value is -1.26. The molecule has 1 fully saturated rings. The highest BCUT2D eigenvalue weighted by molar-refractivity contribution is 6.31. The van der Waals surface area contributed by atoms with Gasteiger partial charge < -0.3 is 16.2 Å². The second-order valence-corrected chi connectivity index (χ2v) is 5.48. The molecule has 2 rings (SSSR count). The standard InChI is InChI=1S/C14H19ClN2O2/c15-10-5-6-11(12(16)7-10)14(19)17-13-4-2-1-3-9(13)8-18/h5-7,9,13,18H,1-4,8,16H2,(H,17,19). The molecule has 0 heterocycles. The number of carbonyl (C=O) groups is 1.